The molecule has 2 aromatic heterocycles. The van der Waals surface area contributed by atoms with Crippen molar-refractivity contribution in [3.8, 4) is 33.6 Å². The van der Waals surface area contributed by atoms with Crippen LogP contribution in [0, 0.1) is 0 Å². The Balaban J connectivity index is 1.07. The Morgan fingerprint density at radius 1 is 0.254 bits per heavy atom. The lowest BCUT2D eigenvalue weighted by molar-refractivity contribution is 1.16. The largest absolute Gasteiger partial charge is 0.309 e. The Kier molecular flexibility index (Phi) is 8.87. The van der Waals surface area contributed by atoms with E-state index in [4.69, 9.17) is 0 Å². The van der Waals surface area contributed by atoms with Gasteiger partial charge in [-0.15, -0.1) is 0 Å². The number of nitrogens with zero attached hydrogens (tertiary/aromatic N) is 2. The van der Waals surface area contributed by atoms with Gasteiger partial charge in [0.25, 0.3) is 0 Å². The van der Waals surface area contributed by atoms with Crippen molar-refractivity contribution in [2.75, 3.05) is 0 Å². The number of fused-ring (bicyclic) bond motifs is 6. The molecule has 0 saturated carbocycles. The van der Waals surface area contributed by atoms with Crippen molar-refractivity contribution in [2.24, 2.45) is 0 Å². The molecule has 0 radical (unpaired) electrons. The van der Waals surface area contributed by atoms with Crippen LogP contribution in [-0.4, -0.2) is 17.2 Å². The van der Waals surface area contributed by atoms with Crippen LogP contribution in [0.25, 0.3) is 77.2 Å². The molecule has 0 spiro atoms. The molecule has 0 aliphatic heterocycles. The predicted molar refractivity (Wildman–Crippen MR) is 270 cm³/mol. The Morgan fingerprint density at radius 2 is 0.714 bits per heavy atom. The van der Waals surface area contributed by atoms with Gasteiger partial charge in [-0.1, -0.05) is 218 Å². The van der Waals surface area contributed by atoms with Gasteiger partial charge in [-0.25, -0.2) is 0 Å². The summed E-state index contributed by atoms with van der Waals surface area (Å²) in [4.78, 5) is 0. The molecule has 0 atom stereocenters. The van der Waals surface area contributed by atoms with Crippen molar-refractivity contribution in [1.82, 2.24) is 9.13 Å². The molecule has 3 heteroatoms. The second-order valence-corrected chi connectivity index (χ2v) is 20.3. The molecule has 0 bridgehead atoms. The van der Waals surface area contributed by atoms with Crippen LogP contribution >= 0.6 is 0 Å². The van der Waals surface area contributed by atoms with Gasteiger partial charge in [0, 0.05) is 32.8 Å². The Bertz CT molecular complexity index is 3490. The van der Waals surface area contributed by atoms with E-state index in [-0.39, 0.29) is 0 Å². The molecule has 0 N–H and O–H groups in total. The summed E-state index contributed by atoms with van der Waals surface area (Å²) >= 11 is 0. The van der Waals surface area contributed by atoms with Gasteiger partial charge in [0.05, 0.1) is 27.8 Å². The summed E-state index contributed by atoms with van der Waals surface area (Å²) < 4.78 is 4.95. The highest BCUT2D eigenvalue weighted by Crippen LogP contribution is 2.39. The third kappa shape index (κ3) is 5.93. The summed E-state index contributed by atoms with van der Waals surface area (Å²) in [5.74, 6) is 0. The lowest BCUT2D eigenvalue weighted by Gasteiger charge is -2.34. The maximum absolute atomic E-state index is 2.74. The summed E-state index contributed by atoms with van der Waals surface area (Å²) in [5.41, 5.74) is 11.8. The number of para-hydroxylation sites is 3. The van der Waals surface area contributed by atoms with E-state index in [0.717, 1.165) is 11.4 Å². The van der Waals surface area contributed by atoms with Crippen LogP contribution in [-0.2, 0) is 0 Å². The first kappa shape index (κ1) is 36.8. The number of hydrogen-bond acceptors (Lipinski definition) is 0. The molecule has 2 nitrogen and oxygen atoms in total. The van der Waals surface area contributed by atoms with Crippen molar-refractivity contribution in [1.29, 1.82) is 0 Å². The fraction of sp³-hybridized carbons (Fsp3) is 0. The monoisotopic (exact) mass is 818 g/mol. The molecule has 0 fully saturated rings. The zero-order valence-corrected chi connectivity index (χ0v) is 35.6. The van der Waals surface area contributed by atoms with E-state index in [1.54, 1.807) is 0 Å². The minimum atomic E-state index is -2.74. The average molecular weight is 819 g/mol. The van der Waals surface area contributed by atoms with Crippen molar-refractivity contribution >= 4 is 72.4 Å². The zero-order chi connectivity index (χ0) is 41.7. The molecule has 0 amide bonds. The fourth-order valence-electron chi connectivity index (χ4n) is 10.3. The smallest absolute Gasteiger partial charge is 0.179 e. The van der Waals surface area contributed by atoms with Crippen LogP contribution in [0.1, 0.15) is 0 Å². The molecule has 0 saturated heterocycles. The molecule has 12 rings (SSSR count). The molecule has 12 aromatic rings. The van der Waals surface area contributed by atoms with E-state index in [9.17, 15) is 0 Å². The number of rotatable bonds is 8. The predicted octanol–water partition coefficient (Wildman–Crippen LogP) is 12.6. The van der Waals surface area contributed by atoms with E-state index in [2.05, 4.69) is 264 Å². The lowest BCUT2D eigenvalue weighted by Crippen LogP contribution is -2.74. The highest BCUT2D eigenvalue weighted by atomic mass is 28.3. The highest BCUT2D eigenvalue weighted by Gasteiger charge is 2.41. The third-order valence-corrected chi connectivity index (χ3v) is 17.9. The van der Waals surface area contributed by atoms with Gasteiger partial charge >= 0.3 is 0 Å². The van der Waals surface area contributed by atoms with Gasteiger partial charge in [-0.3, -0.25) is 0 Å². The summed E-state index contributed by atoms with van der Waals surface area (Å²) in [7, 11) is -2.74. The van der Waals surface area contributed by atoms with E-state index >= 15 is 0 Å². The van der Waals surface area contributed by atoms with Crippen molar-refractivity contribution in [3.63, 3.8) is 0 Å². The van der Waals surface area contributed by atoms with Gasteiger partial charge < -0.3 is 9.13 Å². The van der Waals surface area contributed by atoms with E-state index < -0.39 is 8.07 Å². The number of aromatic nitrogens is 2. The summed E-state index contributed by atoms with van der Waals surface area (Å²) in [5, 5.41) is 10.5. The summed E-state index contributed by atoms with van der Waals surface area (Å²) in [6.07, 6.45) is 0. The van der Waals surface area contributed by atoms with Crippen molar-refractivity contribution in [2.45, 2.75) is 0 Å². The maximum Gasteiger partial charge on any atom is 0.179 e. The fourth-order valence-corrected chi connectivity index (χ4v) is 15.1. The van der Waals surface area contributed by atoms with Crippen LogP contribution in [0.5, 0.6) is 0 Å². The van der Waals surface area contributed by atoms with Gasteiger partial charge in [-0.2, -0.15) is 0 Å². The minimum Gasteiger partial charge on any atom is -0.309 e. The molecule has 2 heterocycles. The topological polar surface area (TPSA) is 9.86 Å². The average Bonchev–Trinajstić information content (AvgIpc) is 3.88. The first-order valence-electron chi connectivity index (χ1n) is 21.8. The number of benzene rings is 10. The summed E-state index contributed by atoms with van der Waals surface area (Å²) in [6, 6.07) is 94.2. The third-order valence-electron chi connectivity index (χ3n) is 13.1. The lowest BCUT2D eigenvalue weighted by atomic mass is 9.99. The Morgan fingerprint density at radius 3 is 1.35 bits per heavy atom. The normalized spacial score (nSPS) is 11.8. The molecule has 0 aliphatic rings. The van der Waals surface area contributed by atoms with Crippen LogP contribution in [0.3, 0.4) is 0 Å². The molecule has 63 heavy (non-hydrogen) atoms. The van der Waals surface area contributed by atoms with E-state index in [1.165, 1.54) is 86.6 Å². The van der Waals surface area contributed by atoms with Gasteiger partial charge in [-0.05, 0) is 73.8 Å². The summed E-state index contributed by atoms with van der Waals surface area (Å²) in [6.45, 7) is 0. The van der Waals surface area contributed by atoms with Crippen LogP contribution in [0.15, 0.2) is 255 Å². The second-order valence-electron chi connectivity index (χ2n) is 16.4. The van der Waals surface area contributed by atoms with Crippen LogP contribution in [0.2, 0.25) is 0 Å². The van der Waals surface area contributed by atoms with Crippen molar-refractivity contribution in [3.05, 3.63) is 255 Å². The quantitative estimate of drug-likeness (QED) is 0.107. The first-order chi connectivity index (χ1) is 31.3. The van der Waals surface area contributed by atoms with Crippen LogP contribution in [0.4, 0.5) is 0 Å². The SMILES string of the molecule is c1ccc(-c2ccc(-c3ccccc3-n3c4ccccc4c4ccc(-n5c6ccccc6c6cc([Si](c7ccccc7)(c7ccccc7)c7ccccc7)ccc65)cc43)cc2)cc1. The molecule has 10 aromatic carbocycles. The minimum absolute atomic E-state index is 1.13. The number of hydrogen-bond donors (Lipinski definition) is 0. The van der Waals surface area contributed by atoms with Gasteiger partial charge in [0.1, 0.15) is 0 Å². The maximum atomic E-state index is 2.52. The highest BCUT2D eigenvalue weighted by molar-refractivity contribution is 7.20. The van der Waals surface area contributed by atoms with Gasteiger partial charge in [0.15, 0.2) is 8.07 Å². The Hall–Kier alpha value is -7.98. The second kappa shape index (κ2) is 15.2. The van der Waals surface area contributed by atoms with Gasteiger partial charge in [0.2, 0.25) is 0 Å². The van der Waals surface area contributed by atoms with E-state index in [1.807, 2.05) is 0 Å². The molecule has 296 valence electrons. The van der Waals surface area contributed by atoms with Crippen molar-refractivity contribution < 1.29 is 0 Å². The van der Waals surface area contributed by atoms with E-state index in [0.29, 0.717) is 0 Å². The first-order valence-corrected chi connectivity index (χ1v) is 23.8. The molecule has 0 aliphatic carbocycles. The molecular weight excluding hydrogens is 777 g/mol. The molecule has 0 unspecified atom stereocenters. The molecular formula is C60H42N2Si. The Labute approximate surface area is 368 Å². The standard InChI is InChI=1S/C60H42N2Si/c1-5-19-43(20-6-1)44-33-35-45(36-34-44)51-27-13-16-30-56(51)62-58-32-18-14-28-52(58)54-39-37-46(41-60(54)62)61-57-31-17-15-29-53(57)55-42-50(38-40-59(55)61)63(47-21-7-2-8-22-47,48-23-9-3-10-24-48)49-25-11-4-12-26-49/h1-42H. The zero-order valence-electron chi connectivity index (χ0n) is 34.6. The van der Waals surface area contributed by atoms with Crippen LogP contribution < -0.4 is 20.7 Å².